The first kappa shape index (κ1) is 15.9. The molecule has 0 aliphatic rings. The highest BCUT2D eigenvalue weighted by molar-refractivity contribution is 5.89. The predicted octanol–water partition coefficient (Wildman–Crippen LogP) is 2.42. The van der Waals surface area contributed by atoms with Crippen molar-refractivity contribution in [1.82, 2.24) is 5.32 Å². The molecule has 2 aromatic rings. The van der Waals surface area contributed by atoms with Gasteiger partial charge in [0.2, 0.25) is 0 Å². The second-order valence-electron chi connectivity index (χ2n) is 4.90. The molecule has 2 amide bonds. The Morgan fingerprint density at radius 1 is 1.14 bits per heavy atom. The lowest BCUT2D eigenvalue weighted by Crippen LogP contribution is -2.41. The molecule has 2 aromatic carbocycles. The summed E-state index contributed by atoms with van der Waals surface area (Å²) >= 11 is 0. The Morgan fingerprint density at radius 2 is 1.82 bits per heavy atom. The smallest absolute Gasteiger partial charge is 0.319 e. The third kappa shape index (κ3) is 4.79. The zero-order valence-electron chi connectivity index (χ0n) is 12.5. The fourth-order valence-electron chi connectivity index (χ4n) is 2.08. The Kier molecular flexibility index (Phi) is 5.80. The highest BCUT2D eigenvalue weighted by Gasteiger charge is 2.12. The summed E-state index contributed by atoms with van der Waals surface area (Å²) in [5, 5.41) is 14.9. The standard InChI is InChI=1S/C17H20N2O3/c1-22-16-9-7-13(8-10-16)11-15(12-20)19-17(21)18-14-5-3-2-4-6-14/h2-10,15,20H,11-12H2,1H3,(H2,18,19,21). The fraction of sp³-hybridized carbons (Fsp3) is 0.235. The van der Waals surface area contributed by atoms with E-state index in [9.17, 15) is 9.90 Å². The maximum Gasteiger partial charge on any atom is 0.319 e. The molecule has 0 aromatic heterocycles. The van der Waals surface area contributed by atoms with Crippen LogP contribution in [0.5, 0.6) is 5.75 Å². The van der Waals surface area contributed by atoms with Gasteiger partial charge in [-0.25, -0.2) is 4.79 Å². The van der Waals surface area contributed by atoms with Crippen LogP contribution in [-0.4, -0.2) is 30.9 Å². The van der Waals surface area contributed by atoms with E-state index >= 15 is 0 Å². The predicted molar refractivity (Wildman–Crippen MR) is 86.2 cm³/mol. The van der Waals surface area contributed by atoms with Crippen molar-refractivity contribution in [3.8, 4) is 5.75 Å². The van der Waals surface area contributed by atoms with E-state index < -0.39 is 0 Å². The van der Waals surface area contributed by atoms with Crippen LogP contribution in [0.15, 0.2) is 54.6 Å². The van der Waals surface area contributed by atoms with Gasteiger partial charge in [0.15, 0.2) is 0 Å². The molecule has 1 atom stereocenters. The number of hydrogen-bond donors (Lipinski definition) is 3. The number of aliphatic hydroxyl groups is 1. The number of hydrogen-bond acceptors (Lipinski definition) is 3. The zero-order valence-corrected chi connectivity index (χ0v) is 12.5. The second-order valence-corrected chi connectivity index (χ2v) is 4.90. The Balaban J connectivity index is 1.89. The van der Waals surface area contributed by atoms with Crippen molar-refractivity contribution >= 4 is 11.7 Å². The maximum absolute atomic E-state index is 11.9. The van der Waals surface area contributed by atoms with Crippen LogP contribution >= 0.6 is 0 Å². The average Bonchev–Trinajstić information content (AvgIpc) is 2.55. The van der Waals surface area contributed by atoms with Gasteiger partial charge in [0.1, 0.15) is 5.75 Å². The minimum Gasteiger partial charge on any atom is -0.497 e. The molecule has 3 N–H and O–H groups in total. The van der Waals surface area contributed by atoms with E-state index in [1.807, 2.05) is 42.5 Å². The molecule has 0 aliphatic carbocycles. The van der Waals surface area contributed by atoms with Gasteiger partial charge in [-0.2, -0.15) is 0 Å². The lowest BCUT2D eigenvalue weighted by Gasteiger charge is -2.17. The topological polar surface area (TPSA) is 70.6 Å². The van der Waals surface area contributed by atoms with Crippen molar-refractivity contribution in [2.75, 3.05) is 19.0 Å². The largest absolute Gasteiger partial charge is 0.497 e. The highest BCUT2D eigenvalue weighted by atomic mass is 16.5. The van der Waals surface area contributed by atoms with E-state index in [1.165, 1.54) is 0 Å². The molecule has 0 bridgehead atoms. The van der Waals surface area contributed by atoms with Crippen molar-refractivity contribution < 1.29 is 14.6 Å². The van der Waals surface area contributed by atoms with Crippen molar-refractivity contribution in [1.29, 1.82) is 0 Å². The lowest BCUT2D eigenvalue weighted by molar-refractivity contribution is 0.224. The van der Waals surface area contributed by atoms with Crippen molar-refractivity contribution in [3.05, 3.63) is 60.2 Å². The molecule has 22 heavy (non-hydrogen) atoms. The number of ether oxygens (including phenoxy) is 1. The molecule has 5 heteroatoms. The van der Waals surface area contributed by atoms with Crippen LogP contribution in [0.1, 0.15) is 5.56 Å². The van der Waals surface area contributed by atoms with E-state index in [0.29, 0.717) is 12.1 Å². The van der Waals surface area contributed by atoms with Gasteiger partial charge in [-0.05, 0) is 36.2 Å². The second kappa shape index (κ2) is 8.05. The summed E-state index contributed by atoms with van der Waals surface area (Å²) in [4.78, 5) is 11.9. The number of urea groups is 1. The van der Waals surface area contributed by atoms with E-state index in [0.717, 1.165) is 11.3 Å². The van der Waals surface area contributed by atoms with E-state index in [1.54, 1.807) is 19.2 Å². The summed E-state index contributed by atoms with van der Waals surface area (Å²) in [7, 11) is 1.61. The number of anilines is 1. The number of nitrogens with one attached hydrogen (secondary N) is 2. The molecule has 5 nitrogen and oxygen atoms in total. The number of amides is 2. The molecule has 0 heterocycles. The summed E-state index contributed by atoms with van der Waals surface area (Å²) < 4.78 is 5.10. The van der Waals surface area contributed by atoms with Crippen molar-refractivity contribution in [2.45, 2.75) is 12.5 Å². The summed E-state index contributed by atoms with van der Waals surface area (Å²) in [6.45, 7) is -0.131. The van der Waals surface area contributed by atoms with Crippen LogP contribution in [0.4, 0.5) is 10.5 Å². The molecule has 0 saturated heterocycles. The molecule has 0 spiro atoms. The molecule has 1 unspecified atom stereocenters. The minimum atomic E-state index is -0.350. The molecule has 116 valence electrons. The van der Waals surface area contributed by atoms with Gasteiger partial charge < -0.3 is 20.5 Å². The van der Waals surface area contributed by atoms with E-state index in [2.05, 4.69) is 10.6 Å². The Morgan fingerprint density at radius 3 is 2.41 bits per heavy atom. The number of carbonyl (C=O) groups is 1. The molecular weight excluding hydrogens is 280 g/mol. The van der Waals surface area contributed by atoms with E-state index in [4.69, 9.17) is 4.74 Å². The summed E-state index contributed by atoms with van der Waals surface area (Å²) in [5.74, 6) is 0.777. The summed E-state index contributed by atoms with van der Waals surface area (Å²) in [6.07, 6.45) is 0.544. The lowest BCUT2D eigenvalue weighted by atomic mass is 10.1. The van der Waals surface area contributed by atoms with Crippen LogP contribution in [-0.2, 0) is 6.42 Å². The quantitative estimate of drug-likeness (QED) is 0.767. The van der Waals surface area contributed by atoms with Gasteiger partial charge >= 0.3 is 6.03 Å². The SMILES string of the molecule is COc1ccc(CC(CO)NC(=O)Nc2ccccc2)cc1. The molecule has 0 aliphatic heterocycles. The number of carbonyl (C=O) groups excluding carboxylic acids is 1. The van der Waals surface area contributed by atoms with E-state index in [-0.39, 0.29) is 18.7 Å². The third-order valence-electron chi connectivity index (χ3n) is 3.23. The van der Waals surface area contributed by atoms with Crippen molar-refractivity contribution in [3.63, 3.8) is 0 Å². The van der Waals surface area contributed by atoms with Gasteiger partial charge in [-0.3, -0.25) is 0 Å². The minimum absolute atomic E-state index is 0.131. The summed E-state index contributed by atoms with van der Waals surface area (Å²) in [5.41, 5.74) is 1.72. The Bertz CT molecular complexity index is 585. The molecular formula is C17H20N2O3. The average molecular weight is 300 g/mol. The number of benzene rings is 2. The fourth-order valence-corrected chi connectivity index (χ4v) is 2.08. The van der Waals surface area contributed by atoms with Crippen molar-refractivity contribution in [2.24, 2.45) is 0 Å². The first-order chi connectivity index (χ1) is 10.7. The maximum atomic E-state index is 11.9. The van der Waals surface area contributed by atoms with Crippen LogP contribution in [0.25, 0.3) is 0 Å². The Hall–Kier alpha value is -2.53. The van der Waals surface area contributed by atoms with Gasteiger partial charge in [0.05, 0.1) is 19.8 Å². The molecule has 0 radical (unpaired) electrons. The van der Waals surface area contributed by atoms with Gasteiger partial charge in [-0.1, -0.05) is 30.3 Å². The number of rotatable bonds is 6. The van der Waals surface area contributed by atoms with Crippen LogP contribution in [0.3, 0.4) is 0 Å². The molecule has 0 fully saturated rings. The molecule has 0 saturated carbocycles. The zero-order chi connectivity index (χ0) is 15.8. The van der Waals surface area contributed by atoms with Gasteiger partial charge in [0, 0.05) is 5.69 Å². The first-order valence-corrected chi connectivity index (χ1v) is 7.07. The number of para-hydroxylation sites is 1. The number of methoxy groups -OCH3 is 1. The van der Waals surface area contributed by atoms with Crippen LogP contribution in [0, 0.1) is 0 Å². The van der Waals surface area contributed by atoms with Crippen LogP contribution < -0.4 is 15.4 Å². The normalized spacial score (nSPS) is 11.5. The van der Waals surface area contributed by atoms with Gasteiger partial charge in [0.25, 0.3) is 0 Å². The van der Waals surface area contributed by atoms with Gasteiger partial charge in [-0.15, -0.1) is 0 Å². The first-order valence-electron chi connectivity index (χ1n) is 7.07. The highest BCUT2D eigenvalue weighted by Crippen LogP contribution is 2.13. The molecule has 2 rings (SSSR count). The monoisotopic (exact) mass is 300 g/mol. The van der Waals surface area contributed by atoms with Crippen LogP contribution in [0.2, 0.25) is 0 Å². The number of aliphatic hydroxyl groups excluding tert-OH is 1. The summed E-state index contributed by atoms with van der Waals surface area (Å²) in [6, 6.07) is 16.0. The Labute approximate surface area is 129 Å². The third-order valence-corrected chi connectivity index (χ3v) is 3.23.